The predicted octanol–water partition coefficient (Wildman–Crippen LogP) is 3.66. The van der Waals surface area contributed by atoms with Crippen molar-refractivity contribution in [2.24, 2.45) is 0 Å². The van der Waals surface area contributed by atoms with Crippen LogP contribution >= 0.6 is 0 Å². The fourth-order valence-corrected chi connectivity index (χ4v) is 2.74. The maximum Gasteiger partial charge on any atom is 0.123 e. The molecular formula is C20H24N2O2. The average molecular weight is 324 g/mol. The number of hydrogen-bond acceptors (Lipinski definition) is 4. The molecule has 0 saturated heterocycles. The molecule has 4 nitrogen and oxygen atoms in total. The number of methoxy groups -OCH3 is 2. The molecule has 1 atom stereocenters. The van der Waals surface area contributed by atoms with E-state index in [2.05, 4.69) is 24.4 Å². The van der Waals surface area contributed by atoms with Gasteiger partial charge in [0.1, 0.15) is 11.5 Å². The third-order valence-corrected chi connectivity index (χ3v) is 4.11. The van der Waals surface area contributed by atoms with E-state index in [4.69, 9.17) is 14.7 Å². The van der Waals surface area contributed by atoms with E-state index >= 15 is 0 Å². The molecule has 2 aromatic carbocycles. The van der Waals surface area contributed by atoms with Gasteiger partial charge < -0.3 is 14.8 Å². The van der Waals surface area contributed by atoms with E-state index in [1.54, 1.807) is 14.2 Å². The number of nitriles is 1. The lowest BCUT2D eigenvalue weighted by Gasteiger charge is -2.17. The monoisotopic (exact) mass is 324 g/mol. The van der Waals surface area contributed by atoms with E-state index in [1.807, 2.05) is 36.4 Å². The summed E-state index contributed by atoms with van der Waals surface area (Å²) in [6, 6.07) is 16.5. The minimum absolute atomic E-state index is 0.197. The van der Waals surface area contributed by atoms with Gasteiger partial charge in [0.2, 0.25) is 0 Å². The van der Waals surface area contributed by atoms with E-state index in [1.165, 1.54) is 5.56 Å². The van der Waals surface area contributed by atoms with Gasteiger partial charge in [0, 0.05) is 11.6 Å². The summed E-state index contributed by atoms with van der Waals surface area (Å²) in [6.45, 7) is 2.97. The number of hydrogen-bond donors (Lipinski definition) is 1. The minimum Gasteiger partial charge on any atom is -0.496 e. The lowest BCUT2D eigenvalue weighted by Crippen LogP contribution is -2.21. The summed E-state index contributed by atoms with van der Waals surface area (Å²) in [6.07, 6.45) is 1.25. The first-order valence-corrected chi connectivity index (χ1v) is 8.08. The summed E-state index contributed by atoms with van der Waals surface area (Å²) in [4.78, 5) is 0. The molecule has 2 aromatic rings. The van der Waals surface area contributed by atoms with Crippen LogP contribution in [0.2, 0.25) is 0 Å². The first-order valence-electron chi connectivity index (χ1n) is 8.08. The standard InChI is InChI=1S/C20H24N2O2/c1-15(17-8-9-20(24-3)18(14-17)10-12-21)22-13-11-16-6-4-5-7-19(16)23-2/h4-9,14-15,22H,10-11,13H2,1-3H3. The van der Waals surface area contributed by atoms with Crippen molar-refractivity contribution in [3.63, 3.8) is 0 Å². The Morgan fingerprint density at radius 2 is 1.75 bits per heavy atom. The topological polar surface area (TPSA) is 54.3 Å². The fourth-order valence-electron chi connectivity index (χ4n) is 2.74. The third-order valence-electron chi connectivity index (χ3n) is 4.11. The van der Waals surface area contributed by atoms with Crippen molar-refractivity contribution in [1.29, 1.82) is 5.26 Å². The van der Waals surface area contributed by atoms with Crippen molar-refractivity contribution >= 4 is 0 Å². The van der Waals surface area contributed by atoms with E-state index in [9.17, 15) is 0 Å². The van der Waals surface area contributed by atoms with Crippen molar-refractivity contribution in [1.82, 2.24) is 5.32 Å². The quantitative estimate of drug-likeness (QED) is 0.805. The SMILES string of the molecule is COc1ccc(C(C)NCCc2ccccc2OC)cc1CC#N. The second-order valence-corrected chi connectivity index (χ2v) is 5.64. The second-order valence-electron chi connectivity index (χ2n) is 5.64. The zero-order valence-electron chi connectivity index (χ0n) is 14.5. The zero-order valence-corrected chi connectivity index (χ0v) is 14.5. The molecule has 0 aliphatic rings. The number of ether oxygens (including phenoxy) is 2. The van der Waals surface area contributed by atoms with Gasteiger partial charge in [0.25, 0.3) is 0 Å². The van der Waals surface area contributed by atoms with Crippen molar-refractivity contribution < 1.29 is 9.47 Å². The van der Waals surface area contributed by atoms with Crippen molar-refractivity contribution in [2.45, 2.75) is 25.8 Å². The molecule has 0 aliphatic heterocycles. The molecule has 0 amide bonds. The van der Waals surface area contributed by atoms with Gasteiger partial charge in [-0.3, -0.25) is 0 Å². The Morgan fingerprint density at radius 3 is 2.46 bits per heavy atom. The molecule has 0 bridgehead atoms. The van der Waals surface area contributed by atoms with Crippen molar-refractivity contribution in [3.8, 4) is 17.6 Å². The van der Waals surface area contributed by atoms with Gasteiger partial charge in [0.05, 0.1) is 26.7 Å². The van der Waals surface area contributed by atoms with E-state index in [0.29, 0.717) is 6.42 Å². The number of benzene rings is 2. The van der Waals surface area contributed by atoms with Crippen LogP contribution in [0.15, 0.2) is 42.5 Å². The maximum atomic E-state index is 8.95. The van der Waals surface area contributed by atoms with E-state index in [0.717, 1.165) is 35.6 Å². The average Bonchev–Trinajstić information content (AvgIpc) is 2.62. The highest BCUT2D eigenvalue weighted by molar-refractivity contribution is 5.40. The van der Waals surface area contributed by atoms with Crippen LogP contribution in [0.25, 0.3) is 0 Å². The molecule has 0 aliphatic carbocycles. The Hall–Kier alpha value is -2.51. The molecule has 0 heterocycles. The van der Waals surface area contributed by atoms with Crippen molar-refractivity contribution in [2.75, 3.05) is 20.8 Å². The molecule has 1 N–H and O–H groups in total. The summed E-state index contributed by atoms with van der Waals surface area (Å²) in [5, 5.41) is 12.5. The number of nitrogens with zero attached hydrogens (tertiary/aromatic N) is 1. The Balaban J connectivity index is 1.98. The Kier molecular flexibility index (Phi) is 6.65. The molecule has 126 valence electrons. The highest BCUT2D eigenvalue weighted by Gasteiger charge is 2.10. The van der Waals surface area contributed by atoms with Crippen LogP contribution in [0.3, 0.4) is 0 Å². The molecule has 1 unspecified atom stereocenters. The van der Waals surface area contributed by atoms with Gasteiger partial charge in [0.15, 0.2) is 0 Å². The van der Waals surface area contributed by atoms with Crippen LogP contribution < -0.4 is 14.8 Å². The van der Waals surface area contributed by atoms with Crippen LogP contribution in [0.4, 0.5) is 0 Å². The molecule has 0 aromatic heterocycles. The predicted molar refractivity (Wildman–Crippen MR) is 95.4 cm³/mol. The molecule has 0 saturated carbocycles. The number of para-hydroxylation sites is 1. The van der Waals surface area contributed by atoms with Crippen LogP contribution in [0.1, 0.15) is 29.7 Å². The molecule has 24 heavy (non-hydrogen) atoms. The summed E-state index contributed by atoms with van der Waals surface area (Å²) < 4.78 is 10.7. The van der Waals surface area contributed by atoms with Crippen LogP contribution in [0.5, 0.6) is 11.5 Å². The first kappa shape index (κ1) is 17.8. The minimum atomic E-state index is 0.197. The Morgan fingerprint density at radius 1 is 1.04 bits per heavy atom. The van der Waals surface area contributed by atoms with E-state index in [-0.39, 0.29) is 6.04 Å². The van der Waals surface area contributed by atoms with Gasteiger partial charge in [-0.2, -0.15) is 5.26 Å². The summed E-state index contributed by atoms with van der Waals surface area (Å²) in [5.41, 5.74) is 3.27. The fraction of sp³-hybridized carbons (Fsp3) is 0.350. The number of nitrogens with one attached hydrogen (secondary N) is 1. The van der Waals surface area contributed by atoms with Gasteiger partial charge in [-0.05, 0) is 49.2 Å². The highest BCUT2D eigenvalue weighted by atomic mass is 16.5. The number of rotatable bonds is 8. The zero-order chi connectivity index (χ0) is 17.4. The highest BCUT2D eigenvalue weighted by Crippen LogP contribution is 2.24. The Labute approximate surface area is 144 Å². The van der Waals surface area contributed by atoms with Gasteiger partial charge in [-0.1, -0.05) is 24.3 Å². The molecular weight excluding hydrogens is 300 g/mol. The third kappa shape index (κ3) is 4.50. The molecule has 2 rings (SSSR count). The summed E-state index contributed by atoms with van der Waals surface area (Å²) >= 11 is 0. The molecule has 0 fully saturated rings. The molecule has 0 spiro atoms. The van der Waals surface area contributed by atoms with E-state index < -0.39 is 0 Å². The largest absolute Gasteiger partial charge is 0.496 e. The summed E-state index contributed by atoms with van der Waals surface area (Å²) in [7, 11) is 3.33. The lowest BCUT2D eigenvalue weighted by atomic mass is 10.0. The first-order chi connectivity index (χ1) is 11.7. The normalized spacial score (nSPS) is 11.6. The second kappa shape index (κ2) is 8.95. The summed E-state index contributed by atoms with van der Waals surface area (Å²) in [5.74, 6) is 1.69. The van der Waals surface area contributed by atoms with Gasteiger partial charge in [-0.25, -0.2) is 0 Å². The van der Waals surface area contributed by atoms with Gasteiger partial charge >= 0.3 is 0 Å². The van der Waals surface area contributed by atoms with Crippen LogP contribution in [0, 0.1) is 11.3 Å². The van der Waals surface area contributed by atoms with Crippen LogP contribution in [-0.2, 0) is 12.8 Å². The maximum absolute atomic E-state index is 8.95. The molecule has 4 heteroatoms. The Bertz CT molecular complexity index is 707. The van der Waals surface area contributed by atoms with Gasteiger partial charge in [-0.15, -0.1) is 0 Å². The lowest BCUT2D eigenvalue weighted by molar-refractivity contribution is 0.408. The smallest absolute Gasteiger partial charge is 0.123 e. The molecule has 0 radical (unpaired) electrons. The van der Waals surface area contributed by atoms with Crippen molar-refractivity contribution in [3.05, 3.63) is 59.2 Å². The van der Waals surface area contributed by atoms with Crippen LogP contribution in [-0.4, -0.2) is 20.8 Å².